The molecule has 5 nitrogen and oxygen atoms in total. The SMILES string of the molecule is CC(CN)C(=O)NC1(C(N)=O)CCCCC1. The van der Waals surface area contributed by atoms with E-state index < -0.39 is 11.4 Å². The monoisotopic (exact) mass is 227 g/mol. The van der Waals surface area contributed by atoms with E-state index >= 15 is 0 Å². The molecule has 5 N–H and O–H groups in total. The van der Waals surface area contributed by atoms with Crippen LogP contribution in [-0.4, -0.2) is 23.9 Å². The Morgan fingerprint density at radius 3 is 2.31 bits per heavy atom. The molecule has 5 heteroatoms. The van der Waals surface area contributed by atoms with Crippen molar-refractivity contribution in [2.24, 2.45) is 17.4 Å². The van der Waals surface area contributed by atoms with E-state index in [0.29, 0.717) is 12.8 Å². The highest BCUT2D eigenvalue weighted by Gasteiger charge is 2.39. The van der Waals surface area contributed by atoms with Crippen molar-refractivity contribution in [3.8, 4) is 0 Å². The van der Waals surface area contributed by atoms with Gasteiger partial charge in [-0.05, 0) is 12.8 Å². The second-order valence-corrected chi connectivity index (χ2v) is 4.63. The molecule has 1 atom stereocenters. The van der Waals surface area contributed by atoms with E-state index in [1.54, 1.807) is 6.92 Å². The van der Waals surface area contributed by atoms with Gasteiger partial charge in [-0.25, -0.2) is 0 Å². The van der Waals surface area contributed by atoms with Gasteiger partial charge in [0.1, 0.15) is 5.54 Å². The fraction of sp³-hybridized carbons (Fsp3) is 0.818. The molecule has 1 saturated carbocycles. The van der Waals surface area contributed by atoms with Gasteiger partial charge in [0.2, 0.25) is 11.8 Å². The lowest BCUT2D eigenvalue weighted by atomic mass is 9.80. The third-order valence-corrected chi connectivity index (χ3v) is 3.34. The second kappa shape index (κ2) is 5.30. The molecule has 0 aromatic carbocycles. The predicted octanol–water partition coefficient (Wildman–Crippen LogP) is -0.114. The molecule has 1 aliphatic rings. The summed E-state index contributed by atoms with van der Waals surface area (Å²) in [6.45, 7) is 2.02. The quantitative estimate of drug-likeness (QED) is 0.624. The maximum Gasteiger partial charge on any atom is 0.243 e. The molecule has 0 aliphatic heterocycles. The first-order valence-corrected chi connectivity index (χ1v) is 5.84. The maximum atomic E-state index is 11.8. The average molecular weight is 227 g/mol. The van der Waals surface area contributed by atoms with Gasteiger partial charge in [-0.15, -0.1) is 0 Å². The van der Waals surface area contributed by atoms with Gasteiger partial charge < -0.3 is 16.8 Å². The van der Waals surface area contributed by atoms with Crippen LogP contribution in [0.4, 0.5) is 0 Å². The topological polar surface area (TPSA) is 98.2 Å². The van der Waals surface area contributed by atoms with Crippen LogP contribution in [-0.2, 0) is 9.59 Å². The molecule has 0 aromatic rings. The van der Waals surface area contributed by atoms with Gasteiger partial charge in [-0.1, -0.05) is 26.2 Å². The molecule has 1 aliphatic carbocycles. The van der Waals surface area contributed by atoms with Crippen LogP contribution in [0.5, 0.6) is 0 Å². The summed E-state index contributed by atoms with van der Waals surface area (Å²) >= 11 is 0. The summed E-state index contributed by atoms with van der Waals surface area (Å²) in [6.07, 6.45) is 4.24. The zero-order valence-corrected chi connectivity index (χ0v) is 9.79. The van der Waals surface area contributed by atoms with Crippen molar-refractivity contribution >= 4 is 11.8 Å². The van der Waals surface area contributed by atoms with E-state index in [-0.39, 0.29) is 18.4 Å². The molecule has 2 amide bonds. The summed E-state index contributed by atoms with van der Waals surface area (Å²) in [5.41, 5.74) is 9.99. The first-order chi connectivity index (χ1) is 7.52. The lowest BCUT2D eigenvalue weighted by Crippen LogP contribution is -2.59. The summed E-state index contributed by atoms with van der Waals surface area (Å²) in [4.78, 5) is 23.3. The number of nitrogens with two attached hydrogens (primary N) is 2. The number of nitrogens with one attached hydrogen (secondary N) is 1. The zero-order chi connectivity index (χ0) is 12.2. The van der Waals surface area contributed by atoms with E-state index in [4.69, 9.17) is 11.5 Å². The maximum absolute atomic E-state index is 11.8. The molecule has 0 bridgehead atoms. The number of amides is 2. The fourth-order valence-electron chi connectivity index (χ4n) is 2.05. The van der Waals surface area contributed by atoms with Crippen molar-refractivity contribution in [1.82, 2.24) is 5.32 Å². The first-order valence-electron chi connectivity index (χ1n) is 5.84. The molecule has 0 aromatic heterocycles. The molecule has 1 fully saturated rings. The van der Waals surface area contributed by atoms with Crippen LogP contribution in [0, 0.1) is 5.92 Å². The summed E-state index contributed by atoms with van der Waals surface area (Å²) in [7, 11) is 0. The van der Waals surface area contributed by atoms with E-state index in [2.05, 4.69) is 5.32 Å². The minimum Gasteiger partial charge on any atom is -0.368 e. The summed E-state index contributed by atoms with van der Waals surface area (Å²) in [5, 5.41) is 2.79. The van der Waals surface area contributed by atoms with Crippen molar-refractivity contribution < 1.29 is 9.59 Å². The summed E-state index contributed by atoms with van der Waals surface area (Å²) < 4.78 is 0. The second-order valence-electron chi connectivity index (χ2n) is 4.63. The fourth-order valence-corrected chi connectivity index (χ4v) is 2.05. The Kier molecular flexibility index (Phi) is 4.29. The van der Waals surface area contributed by atoms with Crippen LogP contribution >= 0.6 is 0 Å². The van der Waals surface area contributed by atoms with E-state index in [1.165, 1.54) is 0 Å². The Morgan fingerprint density at radius 1 is 1.31 bits per heavy atom. The van der Waals surface area contributed by atoms with Crippen molar-refractivity contribution in [3.63, 3.8) is 0 Å². The summed E-state index contributed by atoms with van der Waals surface area (Å²) in [6, 6.07) is 0. The smallest absolute Gasteiger partial charge is 0.243 e. The van der Waals surface area contributed by atoms with Crippen LogP contribution in [0.1, 0.15) is 39.0 Å². The molecule has 1 rings (SSSR count). The standard InChI is InChI=1S/C11H21N3O2/c1-8(7-12)9(15)14-11(10(13)16)5-3-2-4-6-11/h8H,2-7,12H2,1H3,(H2,13,16)(H,14,15). The van der Waals surface area contributed by atoms with Gasteiger partial charge in [0, 0.05) is 12.5 Å². The van der Waals surface area contributed by atoms with Crippen LogP contribution in [0.3, 0.4) is 0 Å². The molecule has 0 spiro atoms. The average Bonchev–Trinajstić information content (AvgIpc) is 2.28. The van der Waals surface area contributed by atoms with Crippen LogP contribution in [0.2, 0.25) is 0 Å². The Balaban J connectivity index is 2.71. The number of carbonyl (C=O) groups is 2. The number of hydrogen-bond acceptors (Lipinski definition) is 3. The van der Waals surface area contributed by atoms with E-state index in [9.17, 15) is 9.59 Å². The minimum atomic E-state index is -0.835. The third kappa shape index (κ3) is 2.72. The molecule has 1 unspecified atom stereocenters. The Hall–Kier alpha value is -1.10. The molecule has 0 saturated heterocycles. The van der Waals surface area contributed by atoms with Crippen LogP contribution in [0.15, 0.2) is 0 Å². The molecule has 16 heavy (non-hydrogen) atoms. The molecular formula is C11H21N3O2. The van der Waals surface area contributed by atoms with Crippen molar-refractivity contribution in [2.75, 3.05) is 6.54 Å². The van der Waals surface area contributed by atoms with Crippen molar-refractivity contribution in [3.05, 3.63) is 0 Å². The molecule has 0 radical (unpaired) electrons. The highest BCUT2D eigenvalue weighted by Crippen LogP contribution is 2.28. The van der Waals surface area contributed by atoms with Gasteiger partial charge in [0.05, 0.1) is 0 Å². The normalized spacial score (nSPS) is 21.1. The van der Waals surface area contributed by atoms with E-state index in [0.717, 1.165) is 19.3 Å². The predicted molar refractivity (Wildman–Crippen MR) is 61.4 cm³/mol. The Labute approximate surface area is 95.9 Å². The van der Waals surface area contributed by atoms with E-state index in [1.807, 2.05) is 0 Å². The highest BCUT2D eigenvalue weighted by molar-refractivity contribution is 5.91. The van der Waals surface area contributed by atoms with Crippen LogP contribution < -0.4 is 16.8 Å². The first kappa shape index (κ1) is 13.0. The van der Waals surface area contributed by atoms with Gasteiger partial charge in [0.25, 0.3) is 0 Å². The van der Waals surface area contributed by atoms with Crippen molar-refractivity contribution in [2.45, 2.75) is 44.6 Å². The minimum absolute atomic E-state index is 0.178. The highest BCUT2D eigenvalue weighted by atomic mass is 16.2. The Morgan fingerprint density at radius 2 is 1.88 bits per heavy atom. The number of hydrogen-bond donors (Lipinski definition) is 3. The largest absolute Gasteiger partial charge is 0.368 e. The summed E-state index contributed by atoms with van der Waals surface area (Å²) in [5.74, 6) is -0.883. The number of primary amides is 1. The van der Waals surface area contributed by atoms with Crippen molar-refractivity contribution in [1.29, 1.82) is 0 Å². The number of carbonyl (C=O) groups excluding carboxylic acids is 2. The molecule has 92 valence electrons. The Bertz CT molecular complexity index is 272. The zero-order valence-electron chi connectivity index (χ0n) is 9.79. The molecular weight excluding hydrogens is 206 g/mol. The number of rotatable bonds is 4. The van der Waals surface area contributed by atoms with Gasteiger partial charge in [0.15, 0.2) is 0 Å². The molecule has 0 heterocycles. The third-order valence-electron chi connectivity index (χ3n) is 3.34. The lowest BCUT2D eigenvalue weighted by Gasteiger charge is -2.35. The lowest BCUT2D eigenvalue weighted by molar-refractivity contribution is -0.134. The van der Waals surface area contributed by atoms with Crippen LogP contribution in [0.25, 0.3) is 0 Å². The van der Waals surface area contributed by atoms with Gasteiger partial charge in [-0.3, -0.25) is 9.59 Å². The van der Waals surface area contributed by atoms with Gasteiger partial charge in [-0.2, -0.15) is 0 Å². The van der Waals surface area contributed by atoms with Gasteiger partial charge >= 0.3 is 0 Å².